The van der Waals surface area contributed by atoms with Gasteiger partial charge in [0.2, 0.25) is 21.8 Å². The monoisotopic (exact) mass is 582 g/mol. The second-order valence-corrected chi connectivity index (χ2v) is 12.5. The van der Waals surface area contributed by atoms with E-state index >= 15 is 0 Å². The maximum absolute atomic E-state index is 13.3. The largest absolute Gasteiger partial charge is 0.392 e. The molecule has 1 fully saturated rings. The molecule has 0 aromatic heterocycles. The lowest BCUT2D eigenvalue weighted by Crippen LogP contribution is -2.52. The number of aliphatic hydroxyl groups excluding tert-OH is 1. The quantitative estimate of drug-likeness (QED) is 0.282. The highest BCUT2D eigenvalue weighted by Gasteiger charge is 2.35. The molecule has 9 nitrogen and oxygen atoms in total. The summed E-state index contributed by atoms with van der Waals surface area (Å²) in [4.78, 5) is 26.0. The first-order valence-corrected chi connectivity index (χ1v) is 15.3. The number of carbonyl (C=O) groups is 2. The van der Waals surface area contributed by atoms with Crippen LogP contribution in [0.25, 0.3) is 10.8 Å². The highest BCUT2D eigenvalue weighted by Crippen LogP contribution is 2.29. The highest BCUT2D eigenvalue weighted by molar-refractivity contribution is 7.88. The number of nitrogens with zero attached hydrogens (tertiary/aromatic N) is 1. The maximum Gasteiger partial charge on any atom is 0.240 e. The lowest BCUT2D eigenvalue weighted by Gasteiger charge is -2.32. The Balaban J connectivity index is 0.00000533. The fourth-order valence-electron chi connectivity index (χ4n) is 5.41. The van der Waals surface area contributed by atoms with Crippen LogP contribution in [0.1, 0.15) is 63.4 Å². The van der Waals surface area contributed by atoms with Crippen LogP contribution in [0.5, 0.6) is 0 Å². The van der Waals surface area contributed by atoms with E-state index < -0.39 is 45.8 Å². The molecule has 0 aliphatic heterocycles. The first kappa shape index (κ1) is 33.0. The van der Waals surface area contributed by atoms with E-state index in [9.17, 15) is 23.1 Å². The Hall–Kier alpha value is -2.24. The number of primary amides is 1. The van der Waals surface area contributed by atoms with Crippen molar-refractivity contribution in [3.8, 4) is 0 Å². The van der Waals surface area contributed by atoms with Gasteiger partial charge in [-0.05, 0) is 35.6 Å². The first-order chi connectivity index (χ1) is 18.0. The van der Waals surface area contributed by atoms with Crippen LogP contribution in [0.3, 0.4) is 0 Å². The number of nitrogens with two attached hydrogens (primary N) is 2. The molecule has 1 aliphatic carbocycles. The number of nitrogens with one attached hydrogen (secondary N) is 1. The van der Waals surface area contributed by atoms with Gasteiger partial charge in [-0.2, -0.15) is 4.31 Å². The average Bonchev–Trinajstić information content (AvgIpc) is 3.17. The average molecular weight is 583 g/mol. The number of fused-ring (bicyclic) bond motifs is 1. The summed E-state index contributed by atoms with van der Waals surface area (Å²) in [5, 5.41) is 15.1. The number of benzene rings is 2. The summed E-state index contributed by atoms with van der Waals surface area (Å²) in [5.74, 6) is -2.55. The normalized spacial score (nSPS) is 18.0. The smallest absolute Gasteiger partial charge is 0.240 e. The first-order valence-electron chi connectivity index (χ1n) is 13.4. The minimum atomic E-state index is -3.54. The minimum absolute atomic E-state index is 0. The van der Waals surface area contributed by atoms with E-state index in [1.807, 2.05) is 42.5 Å². The van der Waals surface area contributed by atoms with Crippen molar-refractivity contribution in [1.82, 2.24) is 9.62 Å². The molecule has 4 atom stereocenters. The number of sulfonamides is 1. The number of aliphatic hydroxyl groups is 1. The van der Waals surface area contributed by atoms with Crippen molar-refractivity contribution in [2.24, 2.45) is 17.4 Å². The lowest BCUT2D eigenvalue weighted by atomic mass is 9.84. The van der Waals surface area contributed by atoms with E-state index in [1.165, 1.54) is 10.6 Å². The van der Waals surface area contributed by atoms with Gasteiger partial charge in [-0.3, -0.25) is 9.59 Å². The van der Waals surface area contributed by atoms with Gasteiger partial charge < -0.3 is 21.9 Å². The van der Waals surface area contributed by atoms with Crippen molar-refractivity contribution in [1.29, 1.82) is 0 Å². The van der Waals surface area contributed by atoms with Gasteiger partial charge in [-0.1, -0.05) is 75.1 Å². The van der Waals surface area contributed by atoms with Gasteiger partial charge in [0, 0.05) is 31.0 Å². The molecule has 0 bridgehead atoms. The van der Waals surface area contributed by atoms with Gasteiger partial charge in [-0.25, -0.2) is 8.42 Å². The van der Waals surface area contributed by atoms with Gasteiger partial charge in [0.1, 0.15) is 6.04 Å². The van der Waals surface area contributed by atoms with Gasteiger partial charge in [0.15, 0.2) is 0 Å². The summed E-state index contributed by atoms with van der Waals surface area (Å²) in [6, 6.07) is 12.2. The Kier molecular flexibility index (Phi) is 12.6. The predicted molar refractivity (Wildman–Crippen MR) is 157 cm³/mol. The highest BCUT2D eigenvalue weighted by atomic mass is 35.5. The second-order valence-electron chi connectivity index (χ2n) is 10.6. The number of halogens is 1. The zero-order chi connectivity index (χ0) is 27.9. The summed E-state index contributed by atoms with van der Waals surface area (Å²) in [6.07, 6.45) is 6.01. The maximum atomic E-state index is 13.3. The lowest BCUT2D eigenvalue weighted by molar-refractivity contribution is -0.130. The molecule has 11 heteroatoms. The van der Waals surface area contributed by atoms with E-state index in [0.717, 1.165) is 54.9 Å². The van der Waals surface area contributed by atoms with E-state index in [-0.39, 0.29) is 38.0 Å². The Morgan fingerprint density at radius 2 is 1.69 bits per heavy atom. The van der Waals surface area contributed by atoms with Gasteiger partial charge >= 0.3 is 0 Å². The molecule has 2 amide bonds. The second kappa shape index (κ2) is 14.9. The summed E-state index contributed by atoms with van der Waals surface area (Å²) >= 11 is 0. The molecule has 3 rings (SSSR count). The van der Waals surface area contributed by atoms with E-state index in [2.05, 4.69) is 5.32 Å². The topological polar surface area (TPSA) is 156 Å². The number of hydrogen-bond acceptors (Lipinski definition) is 6. The van der Waals surface area contributed by atoms with Crippen molar-refractivity contribution in [3.05, 3.63) is 48.0 Å². The molecular formula is C28H43ClN4O5S. The minimum Gasteiger partial charge on any atom is -0.392 e. The van der Waals surface area contributed by atoms with Crippen LogP contribution in [-0.4, -0.2) is 67.2 Å². The summed E-state index contributed by atoms with van der Waals surface area (Å²) in [6.45, 7) is 1.67. The third-order valence-corrected chi connectivity index (χ3v) is 8.86. The van der Waals surface area contributed by atoms with E-state index in [0.29, 0.717) is 0 Å². The fraction of sp³-hybridized carbons (Fsp3) is 0.571. The van der Waals surface area contributed by atoms with Crippen LogP contribution in [0.15, 0.2) is 42.5 Å². The van der Waals surface area contributed by atoms with Crippen LogP contribution in [0.2, 0.25) is 0 Å². The molecule has 0 spiro atoms. The van der Waals surface area contributed by atoms with Crippen molar-refractivity contribution in [2.45, 2.75) is 76.0 Å². The predicted octanol–water partition coefficient (Wildman–Crippen LogP) is 2.65. The van der Waals surface area contributed by atoms with Crippen LogP contribution in [0, 0.1) is 5.92 Å². The number of rotatable bonds is 12. The summed E-state index contributed by atoms with van der Waals surface area (Å²) < 4.78 is 26.8. The van der Waals surface area contributed by atoms with E-state index in [4.69, 9.17) is 11.5 Å². The van der Waals surface area contributed by atoms with Crippen LogP contribution in [-0.2, 0) is 19.6 Å². The van der Waals surface area contributed by atoms with Crippen molar-refractivity contribution in [3.63, 3.8) is 0 Å². The number of hydrogen-bond donors (Lipinski definition) is 4. The molecular weight excluding hydrogens is 540 g/mol. The Morgan fingerprint density at radius 1 is 1.08 bits per heavy atom. The Bertz CT molecular complexity index is 1200. The molecule has 218 valence electrons. The molecule has 39 heavy (non-hydrogen) atoms. The molecule has 4 unspecified atom stereocenters. The van der Waals surface area contributed by atoms with Crippen LogP contribution >= 0.6 is 12.4 Å². The van der Waals surface area contributed by atoms with Gasteiger partial charge in [-0.15, -0.1) is 12.4 Å². The molecule has 0 heterocycles. The number of amides is 2. The third kappa shape index (κ3) is 9.14. The molecule has 1 saturated carbocycles. The zero-order valence-electron chi connectivity index (χ0n) is 22.8. The van der Waals surface area contributed by atoms with Crippen LogP contribution in [0.4, 0.5) is 0 Å². The SMILES string of the molecule is CC(CN(C1CCCCCC1)S(C)(=O)=O)C(=O)NC(C(N)=O)C(CC(O)CN)c1ccc2ccccc2c1.Cl. The molecule has 2 aromatic rings. The van der Waals surface area contributed by atoms with Crippen molar-refractivity contribution in [2.75, 3.05) is 19.3 Å². The van der Waals surface area contributed by atoms with E-state index in [1.54, 1.807) is 6.92 Å². The molecule has 1 aliphatic rings. The molecule has 0 saturated heterocycles. The zero-order valence-corrected chi connectivity index (χ0v) is 24.4. The van der Waals surface area contributed by atoms with Crippen molar-refractivity contribution < 1.29 is 23.1 Å². The Morgan fingerprint density at radius 3 is 2.26 bits per heavy atom. The molecule has 2 aromatic carbocycles. The summed E-state index contributed by atoms with van der Waals surface area (Å²) in [5.41, 5.74) is 12.2. The van der Waals surface area contributed by atoms with Crippen molar-refractivity contribution >= 4 is 45.0 Å². The van der Waals surface area contributed by atoms with Gasteiger partial charge in [0.25, 0.3) is 0 Å². The fourth-order valence-corrected chi connectivity index (χ4v) is 6.66. The standard InChI is InChI=1S/C28H42N4O5S.ClH/c1-19(18-32(38(2,36)37)23-11-5-3-4-6-12-23)28(35)31-26(27(30)34)25(16-24(33)17-29)22-14-13-20-9-7-8-10-21(20)15-22;/h7-10,13-15,19,23-26,33H,3-6,11-12,16-18,29H2,1-2H3,(H2,30,34)(H,31,35);1H. The van der Waals surface area contributed by atoms with Gasteiger partial charge in [0.05, 0.1) is 12.4 Å². The van der Waals surface area contributed by atoms with Crippen LogP contribution < -0.4 is 16.8 Å². The Labute approximate surface area is 238 Å². The molecule has 6 N–H and O–H groups in total. The number of carbonyl (C=O) groups excluding carboxylic acids is 2. The molecule has 0 radical (unpaired) electrons. The summed E-state index contributed by atoms with van der Waals surface area (Å²) in [7, 11) is -3.54. The third-order valence-electron chi connectivity index (χ3n) is 7.57.